The number of nitrogens with zero attached hydrogens (tertiary/aromatic N) is 2. The second-order valence-corrected chi connectivity index (χ2v) is 4.29. The summed E-state index contributed by atoms with van der Waals surface area (Å²) < 4.78 is 43.4. The minimum Gasteiger partial charge on any atom is -0.491 e. The Labute approximate surface area is 113 Å². The van der Waals surface area contributed by atoms with Crippen molar-refractivity contribution < 1.29 is 22.7 Å². The highest BCUT2D eigenvalue weighted by atomic mass is 19.4. The zero-order valence-corrected chi connectivity index (χ0v) is 10.4. The number of nitriles is 1. The molecule has 0 saturated carbocycles. The van der Waals surface area contributed by atoms with Gasteiger partial charge in [-0.1, -0.05) is 12.1 Å². The van der Waals surface area contributed by atoms with Crippen molar-refractivity contribution in [2.24, 2.45) is 5.92 Å². The Morgan fingerprint density at radius 2 is 2.10 bits per heavy atom. The Kier molecular flexibility index (Phi) is 3.84. The molecule has 1 heterocycles. The first-order valence-electron chi connectivity index (χ1n) is 5.92. The van der Waals surface area contributed by atoms with E-state index in [1.807, 2.05) is 0 Å². The molecule has 0 fully saturated rings. The molecule has 1 aromatic rings. The van der Waals surface area contributed by atoms with E-state index in [-0.39, 0.29) is 18.7 Å². The number of rotatable bonds is 2. The summed E-state index contributed by atoms with van der Waals surface area (Å²) in [5.74, 6) is -2.37. The first kappa shape index (κ1) is 14.2. The number of alkyl halides is 3. The van der Waals surface area contributed by atoms with Gasteiger partial charge in [0.15, 0.2) is 5.92 Å². The molecule has 0 aliphatic carbocycles. The Hall–Kier alpha value is -2.23. The molecule has 7 heteroatoms. The second kappa shape index (κ2) is 5.41. The van der Waals surface area contributed by atoms with Gasteiger partial charge >= 0.3 is 6.18 Å². The van der Waals surface area contributed by atoms with E-state index in [9.17, 15) is 18.0 Å². The van der Waals surface area contributed by atoms with Gasteiger partial charge in [-0.15, -0.1) is 0 Å². The second-order valence-electron chi connectivity index (χ2n) is 4.29. The van der Waals surface area contributed by atoms with Crippen molar-refractivity contribution in [1.82, 2.24) is 0 Å². The van der Waals surface area contributed by atoms with E-state index in [2.05, 4.69) is 0 Å². The van der Waals surface area contributed by atoms with Crippen LogP contribution in [0.5, 0.6) is 5.75 Å². The fourth-order valence-corrected chi connectivity index (χ4v) is 1.92. The van der Waals surface area contributed by atoms with Crippen molar-refractivity contribution in [2.45, 2.75) is 12.6 Å². The third kappa shape index (κ3) is 2.85. The Balaban J connectivity index is 2.34. The highest BCUT2D eigenvalue weighted by Gasteiger charge is 2.42. The van der Waals surface area contributed by atoms with Crippen LogP contribution in [-0.2, 0) is 4.79 Å². The van der Waals surface area contributed by atoms with Crippen LogP contribution in [0, 0.1) is 17.2 Å². The summed E-state index contributed by atoms with van der Waals surface area (Å²) in [4.78, 5) is 12.9. The zero-order valence-electron chi connectivity index (χ0n) is 10.4. The first-order chi connectivity index (χ1) is 9.43. The lowest BCUT2D eigenvalue weighted by atomic mass is 10.1. The van der Waals surface area contributed by atoms with Crippen LogP contribution in [0.25, 0.3) is 0 Å². The largest absolute Gasteiger partial charge is 0.491 e. The van der Waals surface area contributed by atoms with Gasteiger partial charge < -0.3 is 9.64 Å². The van der Waals surface area contributed by atoms with E-state index >= 15 is 0 Å². The topological polar surface area (TPSA) is 53.3 Å². The highest BCUT2D eigenvalue weighted by Crippen LogP contribution is 2.34. The molecular weight excluding hydrogens is 273 g/mol. The Bertz CT molecular complexity index is 551. The molecule has 1 unspecified atom stereocenters. The number of para-hydroxylation sites is 2. The minimum atomic E-state index is -4.67. The molecule has 106 valence electrons. The van der Waals surface area contributed by atoms with Crippen LogP contribution in [0.2, 0.25) is 0 Å². The fraction of sp³-hybridized carbons (Fsp3) is 0.385. The van der Waals surface area contributed by atoms with Crippen LogP contribution in [-0.4, -0.2) is 25.2 Å². The molecule has 1 aliphatic heterocycles. The number of carbonyl (C=O) groups is 1. The smallest absolute Gasteiger partial charge is 0.406 e. The normalized spacial score (nSPS) is 16.7. The van der Waals surface area contributed by atoms with Crippen LogP contribution in [0.3, 0.4) is 0 Å². The molecule has 0 radical (unpaired) electrons. The van der Waals surface area contributed by atoms with E-state index in [1.165, 1.54) is 12.1 Å². The SMILES string of the molecule is N#CC(CN1C(=O)CCOc2ccccc21)C(F)(F)F. The van der Waals surface area contributed by atoms with Crippen molar-refractivity contribution in [3.05, 3.63) is 24.3 Å². The summed E-state index contributed by atoms with van der Waals surface area (Å²) in [6.07, 6.45) is -4.69. The maximum atomic E-state index is 12.7. The Morgan fingerprint density at radius 3 is 2.75 bits per heavy atom. The fourth-order valence-electron chi connectivity index (χ4n) is 1.92. The molecule has 2 rings (SSSR count). The maximum Gasteiger partial charge on any atom is 0.406 e. The van der Waals surface area contributed by atoms with Gasteiger partial charge in [-0.05, 0) is 12.1 Å². The number of benzene rings is 1. The van der Waals surface area contributed by atoms with Crippen LogP contribution in [0.4, 0.5) is 18.9 Å². The summed E-state index contributed by atoms with van der Waals surface area (Å²) in [7, 11) is 0. The van der Waals surface area contributed by atoms with Gasteiger partial charge in [-0.25, -0.2) is 0 Å². The number of hydrogen-bond donors (Lipinski definition) is 0. The highest BCUT2D eigenvalue weighted by molar-refractivity contribution is 5.95. The van der Waals surface area contributed by atoms with E-state index < -0.39 is 24.5 Å². The first-order valence-corrected chi connectivity index (χ1v) is 5.92. The molecule has 1 aromatic carbocycles. The summed E-state index contributed by atoms with van der Waals surface area (Å²) in [6.45, 7) is -0.616. The summed E-state index contributed by atoms with van der Waals surface area (Å²) in [6, 6.07) is 7.55. The van der Waals surface area contributed by atoms with Gasteiger partial charge in [0, 0.05) is 0 Å². The molecule has 0 N–H and O–H groups in total. The van der Waals surface area contributed by atoms with Crippen LogP contribution in [0.15, 0.2) is 24.3 Å². The number of carbonyl (C=O) groups excluding carboxylic acids is 1. The molecule has 4 nitrogen and oxygen atoms in total. The van der Waals surface area contributed by atoms with E-state index in [0.29, 0.717) is 5.75 Å². The van der Waals surface area contributed by atoms with E-state index in [4.69, 9.17) is 10.00 Å². The lowest BCUT2D eigenvalue weighted by Gasteiger charge is -2.25. The number of amides is 1. The standard InChI is InChI=1S/C13H11F3N2O2/c14-13(15,16)9(7-17)8-18-10-3-1-2-4-11(10)20-6-5-12(18)19/h1-4,9H,5-6,8H2. The Morgan fingerprint density at radius 1 is 1.40 bits per heavy atom. The van der Waals surface area contributed by atoms with Crippen molar-refractivity contribution in [3.8, 4) is 11.8 Å². The minimum absolute atomic E-state index is 0.0231. The van der Waals surface area contributed by atoms with Crippen LogP contribution in [0.1, 0.15) is 6.42 Å². The average molecular weight is 284 g/mol. The molecule has 1 amide bonds. The third-order valence-electron chi connectivity index (χ3n) is 2.95. The van der Waals surface area contributed by atoms with Gasteiger partial charge in [-0.2, -0.15) is 18.4 Å². The maximum absolute atomic E-state index is 12.7. The number of ether oxygens (including phenoxy) is 1. The molecule has 0 bridgehead atoms. The molecule has 1 atom stereocenters. The van der Waals surface area contributed by atoms with Crippen molar-refractivity contribution in [3.63, 3.8) is 0 Å². The number of fused-ring (bicyclic) bond motifs is 1. The average Bonchev–Trinajstić information content (AvgIpc) is 2.54. The third-order valence-corrected chi connectivity index (χ3v) is 2.95. The molecule has 0 saturated heterocycles. The number of halogens is 3. The molecule has 0 aromatic heterocycles. The number of anilines is 1. The zero-order chi connectivity index (χ0) is 14.8. The van der Waals surface area contributed by atoms with Crippen molar-refractivity contribution in [2.75, 3.05) is 18.1 Å². The van der Waals surface area contributed by atoms with Crippen LogP contribution < -0.4 is 9.64 Å². The molecular formula is C13H11F3N2O2. The van der Waals surface area contributed by atoms with Gasteiger partial charge in [0.25, 0.3) is 0 Å². The predicted octanol–water partition coefficient (Wildman–Crippen LogP) is 2.50. The van der Waals surface area contributed by atoms with Gasteiger partial charge in [0.2, 0.25) is 5.91 Å². The lowest BCUT2D eigenvalue weighted by Crippen LogP contribution is -2.39. The molecule has 1 aliphatic rings. The summed E-state index contributed by atoms with van der Waals surface area (Å²) in [5.41, 5.74) is 0.263. The molecule has 20 heavy (non-hydrogen) atoms. The van der Waals surface area contributed by atoms with Crippen LogP contribution >= 0.6 is 0 Å². The van der Waals surface area contributed by atoms with Gasteiger partial charge in [0.05, 0.1) is 31.3 Å². The van der Waals surface area contributed by atoms with E-state index in [1.54, 1.807) is 18.2 Å². The number of hydrogen-bond acceptors (Lipinski definition) is 3. The van der Waals surface area contributed by atoms with Crippen molar-refractivity contribution in [1.29, 1.82) is 5.26 Å². The van der Waals surface area contributed by atoms with E-state index in [0.717, 1.165) is 4.90 Å². The van der Waals surface area contributed by atoms with Gasteiger partial charge in [0.1, 0.15) is 5.75 Å². The molecule has 0 spiro atoms. The van der Waals surface area contributed by atoms with Gasteiger partial charge in [-0.3, -0.25) is 4.79 Å². The monoisotopic (exact) mass is 284 g/mol. The lowest BCUT2D eigenvalue weighted by molar-refractivity contribution is -0.156. The van der Waals surface area contributed by atoms with Crippen molar-refractivity contribution >= 4 is 11.6 Å². The predicted molar refractivity (Wildman–Crippen MR) is 64.1 cm³/mol. The summed E-state index contributed by atoms with van der Waals surface area (Å²) in [5, 5.41) is 8.66. The quantitative estimate of drug-likeness (QED) is 0.838. The summed E-state index contributed by atoms with van der Waals surface area (Å²) >= 11 is 0.